The maximum atomic E-state index is 14.1. The summed E-state index contributed by atoms with van der Waals surface area (Å²) in [6.45, 7) is 0. The van der Waals surface area contributed by atoms with E-state index in [0.29, 0.717) is 34.3 Å². The number of nitrogens with zero attached hydrogens (tertiary/aromatic N) is 2. The van der Waals surface area contributed by atoms with Gasteiger partial charge in [0.05, 0.1) is 19.9 Å². The minimum absolute atomic E-state index is 0.362. The van der Waals surface area contributed by atoms with Gasteiger partial charge in [-0.1, -0.05) is 28.1 Å². The fraction of sp³-hybridized carbons (Fsp3) is 0.0909. The molecule has 1 aliphatic rings. The van der Waals surface area contributed by atoms with Crippen LogP contribution in [-0.4, -0.2) is 25.8 Å². The van der Waals surface area contributed by atoms with Gasteiger partial charge in [0.1, 0.15) is 11.5 Å². The molecule has 1 aliphatic heterocycles. The van der Waals surface area contributed by atoms with Crippen molar-refractivity contribution in [2.75, 3.05) is 14.2 Å². The molecule has 0 radical (unpaired) electrons. The van der Waals surface area contributed by atoms with Crippen molar-refractivity contribution in [2.24, 2.45) is 10.1 Å². The minimum atomic E-state index is -0.362. The second-order valence-electron chi connectivity index (χ2n) is 6.27. The fourth-order valence-corrected chi connectivity index (χ4v) is 3.31. The molecule has 0 spiro atoms. The number of hydrogen-bond donors (Lipinski definition) is 1. The molecule has 0 unspecified atom stereocenters. The molecule has 146 valence electrons. The third-order valence-corrected chi connectivity index (χ3v) is 5.02. The van der Waals surface area contributed by atoms with E-state index >= 15 is 0 Å². The Kier molecular flexibility index (Phi) is 5.31. The van der Waals surface area contributed by atoms with E-state index in [4.69, 9.17) is 9.47 Å². The van der Waals surface area contributed by atoms with E-state index in [2.05, 4.69) is 31.4 Å². The van der Waals surface area contributed by atoms with Crippen LogP contribution in [0.3, 0.4) is 0 Å². The number of benzene rings is 3. The lowest BCUT2D eigenvalue weighted by molar-refractivity contribution is 0.355. The summed E-state index contributed by atoms with van der Waals surface area (Å²) in [5.41, 5.74) is 6.38. The lowest BCUT2D eigenvalue weighted by atomic mass is 10.00. The first-order valence-electron chi connectivity index (χ1n) is 8.79. The van der Waals surface area contributed by atoms with E-state index in [0.717, 1.165) is 15.6 Å². The molecule has 0 saturated carbocycles. The average molecular weight is 454 g/mol. The molecule has 0 fully saturated rings. The molecule has 0 aromatic heterocycles. The van der Waals surface area contributed by atoms with E-state index in [9.17, 15) is 4.39 Å². The Labute approximate surface area is 176 Å². The molecule has 0 atom stereocenters. The van der Waals surface area contributed by atoms with Crippen LogP contribution in [0.5, 0.6) is 11.5 Å². The van der Waals surface area contributed by atoms with Crippen molar-refractivity contribution in [1.29, 1.82) is 0 Å². The summed E-state index contributed by atoms with van der Waals surface area (Å²) in [4.78, 5) is 4.69. The number of rotatable bonds is 4. The monoisotopic (exact) mass is 453 g/mol. The van der Waals surface area contributed by atoms with Gasteiger partial charge in [0.25, 0.3) is 0 Å². The predicted octanol–water partition coefficient (Wildman–Crippen LogP) is 5.04. The van der Waals surface area contributed by atoms with Crippen LogP contribution >= 0.6 is 15.9 Å². The van der Waals surface area contributed by atoms with Gasteiger partial charge in [0.2, 0.25) is 0 Å². The zero-order valence-electron chi connectivity index (χ0n) is 15.7. The number of amidine groups is 1. The Morgan fingerprint density at radius 2 is 1.59 bits per heavy atom. The van der Waals surface area contributed by atoms with Crippen LogP contribution in [0.15, 0.2) is 75.2 Å². The second-order valence-corrected chi connectivity index (χ2v) is 7.19. The van der Waals surface area contributed by atoms with Gasteiger partial charge in [0, 0.05) is 21.2 Å². The third kappa shape index (κ3) is 3.86. The number of aliphatic imine (C=N–C) groups is 1. The first-order valence-corrected chi connectivity index (χ1v) is 9.59. The van der Waals surface area contributed by atoms with Crippen molar-refractivity contribution in [3.8, 4) is 11.5 Å². The quantitative estimate of drug-likeness (QED) is 0.601. The standard InChI is InChI=1S/C22H17BrFN3O2/c1-28-19-10-5-14(11-20(19)29-2)21-17-12-16(24)8-9-18(17)25-22(27-26-21)13-3-6-15(23)7-4-13/h3-12H,1-2H3,(H,25,27). The molecule has 0 aliphatic carbocycles. The maximum absolute atomic E-state index is 14.1. The summed E-state index contributed by atoms with van der Waals surface area (Å²) < 4.78 is 25.8. The van der Waals surface area contributed by atoms with Crippen LogP contribution in [0.4, 0.5) is 10.1 Å². The maximum Gasteiger partial charge on any atom is 0.161 e. The van der Waals surface area contributed by atoms with E-state index in [1.165, 1.54) is 12.1 Å². The molecule has 1 heterocycles. The molecule has 0 saturated heterocycles. The zero-order chi connectivity index (χ0) is 20.4. The number of hydrazone groups is 1. The topological polar surface area (TPSA) is 55.2 Å². The van der Waals surface area contributed by atoms with E-state index in [-0.39, 0.29) is 5.82 Å². The van der Waals surface area contributed by atoms with E-state index < -0.39 is 0 Å². The number of halogens is 2. The van der Waals surface area contributed by atoms with Gasteiger partial charge < -0.3 is 9.47 Å². The van der Waals surface area contributed by atoms with Crippen LogP contribution in [0, 0.1) is 5.82 Å². The minimum Gasteiger partial charge on any atom is -0.493 e. The normalized spacial score (nSPS) is 12.8. The van der Waals surface area contributed by atoms with Gasteiger partial charge in [-0.3, -0.25) is 5.43 Å². The van der Waals surface area contributed by atoms with Crippen molar-refractivity contribution in [3.05, 3.63) is 87.6 Å². The van der Waals surface area contributed by atoms with Crippen LogP contribution in [0.1, 0.15) is 16.7 Å². The molecule has 7 heteroatoms. The summed E-state index contributed by atoms with van der Waals surface area (Å²) >= 11 is 3.43. The Hall–Kier alpha value is -3.19. The Balaban J connectivity index is 1.85. The van der Waals surface area contributed by atoms with Crippen molar-refractivity contribution in [1.82, 2.24) is 5.43 Å². The summed E-state index contributed by atoms with van der Waals surface area (Å²) in [7, 11) is 3.14. The Morgan fingerprint density at radius 3 is 2.31 bits per heavy atom. The SMILES string of the molecule is COc1ccc(C2=NNC(c3ccc(Br)cc3)=Nc3ccc(F)cc32)cc1OC. The summed E-state index contributed by atoms with van der Waals surface area (Å²) in [5, 5.41) is 4.55. The van der Waals surface area contributed by atoms with Crippen molar-refractivity contribution < 1.29 is 13.9 Å². The summed E-state index contributed by atoms with van der Waals surface area (Å²) in [6.07, 6.45) is 0. The first kappa shape index (κ1) is 19.1. The van der Waals surface area contributed by atoms with Gasteiger partial charge in [-0.2, -0.15) is 5.10 Å². The van der Waals surface area contributed by atoms with E-state index in [1.54, 1.807) is 32.4 Å². The van der Waals surface area contributed by atoms with Gasteiger partial charge in [-0.25, -0.2) is 9.38 Å². The zero-order valence-corrected chi connectivity index (χ0v) is 17.3. The largest absolute Gasteiger partial charge is 0.493 e. The highest BCUT2D eigenvalue weighted by atomic mass is 79.9. The molecule has 5 nitrogen and oxygen atoms in total. The second kappa shape index (κ2) is 8.05. The summed E-state index contributed by atoms with van der Waals surface area (Å²) in [6, 6.07) is 17.6. The van der Waals surface area contributed by atoms with Crippen LogP contribution in [0.25, 0.3) is 0 Å². The molecule has 1 N–H and O–H groups in total. The fourth-order valence-electron chi connectivity index (χ4n) is 3.05. The molecular weight excluding hydrogens is 437 g/mol. The van der Waals surface area contributed by atoms with Gasteiger partial charge in [-0.05, 0) is 48.5 Å². The summed E-state index contributed by atoms with van der Waals surface area (Å²) in [5.74, 6) is 1.37. The molecule has 0 amide bonds. The smallest absolute Gasteiger partial charge is 0.161 e. The highest BCUT2D eigenvalue weighted by Crippen LogP contribution is 2.32. The van der Waals surface area contributed by atoms with Crippen LogP contribution in [0.2, 0.25) is 0 Å². The van der Waals surface area contributed by atoms with Crippen molar-refractivity contribution >= 4 is 33.2 Å². The van der Waals surface area contributed by atoms with Crippen molar-refractivity contribution in [2.45, 2.75) is 0 Å². The number of nitrogens with one attached hydrogen (secondary N) is 1. The number of fused-ring (bicyclic) bond motifs is 1. The lowest BCUT2D eigenvalue weighted by Crippen LogP contribution is -2.19. The Bertz CT molecular complexity index is 1130. The van der Waals surface area contributed by atoms with Crippen LogP contribution < -0.4 is 14.9 Å². The lowest BCUT2D eigenvalue weighted by Gasteiger charge is -2.12. The van der Waals surface area contributed by atoms with Gasteiger partial charge >= 0.3 is 0 Å². The predicted molar refractivity (Wildman–Crippen MR) is 115 cm³/mol. The number of methoxy groups -OCH3 is 2. The third-order valence-electron chi connectivity index (χ3n) is 4.49. The highest BCUT2D eigenvalue weighted by Gasteiger charge is 2.19. The average Bonchev–Trinajstić information content (AvgIpc) is 2.93. The van der Waals surface area contributed by atoms with Crippen molar-refractivity contribution in [3.63, 3.8) is 0 Å². The molecule has 3 aromatic rings. The van der Waals surface area contributed by atoms with Gasteiger partial charge in [-0.15, -0.1) is 0 Å². The Morgan fingerprint density at radius 1 is 0.862 bits per heavy atom. The molecule has 29 heavy (non-hydrogen) atoms. The van der Waals surface area contributed by atoms with Crippen LogP contribution in [-0.2, 0) is 0 Å². The van der Waals surface area contributed by atoms with E-state index in [1.807, 2.05) is 30.3 Å². The first-order chi connectivity index (χ1) is 14.1. The van der Waals surface area contributed by atoms with Gasteiger partial charge in [0.15, 0.2) is 17.3 Å². The molecule has 4 rings (SSSR count). The molecule has 3 aromatic carbocycles. The highest BCUT2D eigenvalue weighted by molar-refractivity contribution is 9.10. The molecular formula is C22H17BrFN3O2. The number of ether oxygens (including phenoxy) is 2. The number of hydrogen-bond acceptors (Lipinski definition) is 5. The molecule has 0 bridgehead atoms.